The van der Waals surface area contributed by atoms with E-state index in [2.05, 4.69) is 9.97 Å². The van der Waals surface area contributed by atoms with E-state index >= 15 is 0 Å². The fourth-order valence-electron chi connectivity index (χ4n) is 1.53. The SMILES string of the molecule is Clc1nccc2oc3ccncc3c12. The molecular formula is C10H5ClN2O. The Morgan fingerprint density at radius 2 is 2.00 bits per heavy atom. The van der Waals surface area contributed by atoms with Crippen molar-refractivity contribution in [2.75, 3.05) is 0 Å². The molecule has 3 nitrogen and oxygen atoms in total. The van der Waals surface area contributed by atoms with E-state index in [1.54, 1.807) is 24.7 Å². The Bertz CT molecular complexity index is 618. The minimum Gasteiger partial charge on any atom is -0.456 e. The lowest BCUT2D eigenvalue weighted by molar-refractivity contribution is 0.668. The first-order valence-electron chi connectivity index (χ1n) is 4.13. The van der Waals surface area contributed by atoms with Crippen LogP contribution < -0.4 is 0 Å². The first-order chi connectivity index (χ1) is 6.86. The second kappa shape index (κ2) is 2.69. The van der Waals surface area contributed by atoms with Gasteiger partial charge in [-0.25, -0.2) is 4.98 Å². The number of rotatable bonds is 0. The van der Waals surface area contributed by atoms with Crippen molar-refractivity contribution >= 4 is 33.5 Å². The molecule has 0 aromatic carbocycles. The molecule has 0 spiro atoms. The summed E-state index contributed by atoms with van der Waals surface area (Å²) in [6.07, 6.45) is 5.04. The van der Waals surface area contributed by atoms with Crippen molar-refractivity contribution in [2.24, 2.45) is 0 Å². The van der Waals surface area contributed by atoms with Gasteiger partial charge in [-0.1, -0.05) is 11.6 Å². The molecule has 14 heavy (non-hydrogen) atoms. The predicted molar refractivity (Wildman–Crippen MR) is 54.3 cm³/mol. The Morgan fingerprint density at radius 1 is 1.14 bits per heavy atom. The van der Waals surface area contributed by atoms with E-state index in [0.717, 1.165) is 21.9 Å². The average Bonchev–Trinajstić information content (AvgIpc) is 2.57. The summed E-state index contributed by atoms with van der Waals surface area (Å²) in [6.45, 7) is 0. The van der Waals surface area contributed by atoms with Crippen LogP contribution in [0.1, 0.15) is 0 Å². The molecule has 0 unspecified atom stereocenters. The fraction of sp³-hybridized carbons (Fsp3) is 0. The summed E-state index contributed by atoms with van der Waals surface area (Å²) in [6, 6.07) is 3.60. The molecule has 68 valence electrons. The molecule has 0 aliphatic heterocycles. The molecule has 3 aromatic rings. The summed E-state index contributed by atoms with van der Waals surface area (Å²) < 4.78 is 5.57. The van der Waals surface area contributed by atoms with Gasteiger partial charge in [0.2, 0.25) is 0 Å². The van der Waals surface area contributed by atoms with Crippen LogP contribution in [0, 0.1) is 0 Å². The van der Waals surface area contributed by atoms with Crippen LogP contribution in [0.3, 0.4) is 0 Å². The van der Waals surface area contributed by atoms with Crippen molar-refractivity contribution in [1.82, 2.24) is 9.97 Å². The third-order valence-corrected chi connectivity index (χ3v) is 2.42. The number of aromatic nitrogens is 2. The van der Waals surface area contributed by atoms with Crippen molar-refractivity contribution in [3.05, 3.63) is 35.9 Å². The van der Waals surface area contributed by atoms with Crippen LogP contribution in [-0.4, -0.2) is 9.97 Å². The molecule has 3 heterocycles. The topological polar surface area (TPSA) is 38.9 Å². The lowest BCUT2D eigenvalue weighted by Crippen LogP contribution is -1.74. The molecule has 0 aliphatic carbocycles. The standard InChI is InChI=1S/C10H5ClN2O/c11-10-9-6-5-12-3-1-7(6)14-8(9)2-4-13-10/h1-5H. The van der Waals surface area contributed by atoms with E-state index < -0.39 is 0 Å². The summed E-state index contributed by atoms with van der Waals surface area (Å²) in [5, 5.41) is 2.19. The highest BCUT2D eigenvalue weighted by Crippen LogP contribution is 2.31. The third-order valence-electron chi connectivity index (χ3n) is 2.14. The normalized spacial score (nSPS) is 11.2. The molecule has 0 aliphatic rings. The molecule has 0 fully saturated rings. The van der Waals surface area contributed by atoms with Crippen molar-refractivity contribution in [3.63, 3.8) is 0 Å². The molecule has 4 heteroatoms. The third kappa shape index (κ3) is 0.930. The van der Waals surface area contributed by atoms with Crippen LogP contribution in [0.15, 0.2) is 35.1 Å². The van der Waals surface area contributed by atoms with Crippen LogP contribution in [0.4, 0.5) is 0 Å². The number of fused-ring (bicyclic) bond motifs is 3. The maximum Gasteiger partial charge on any atom is 0.140 e. The van der Waals surface area contributed by atoms with Gasteiger partial charge in [-0.05, 0) is 12.1 Å². The fourth-order valence-corrected chi connectivity index (χ4v) is 1.78. The highest BCUT2D eigenvalue weighted by molar-refractivity contribution is 6.36. The number of hydrogen-bond acceptors (Lipinski definition) is 3. The Balaban J connectivity index is 2.65. The van der Waals surface area contributed by atoms with Crippen LogP contribution in [0.25, 0.3) is 21.9 Å². The maximum absolute atomic E-state index is 5.98. The van der Waals surface area contributed by atoms with Gasteiger partial charge in [-0.2, -0.15) is 0 Å². The zero-order chi connectivity index (χ0) is 9.54. The molecule has 0 atom stereocenters. The van der Waals surface area contributed by atoms with Gasteiger partial charge in [-0.3, -0.25) is 4.98 Å². The van der Waals surface area contributed by atoms with Gasteiger partial charge in [0.05, 0.1) is 5.39 Å². The largest absolute Gasteiger partial charge is 0.456 e. The monoisotopic (exact) mass is 204 g/mol. The van der Waals surface area contributed by atoms with E-state index in [-0.39, 0.29) is 0 Å². The second-order valence-electron chi connectivity index (χ2n) is 2.95. The predicted octanol–water partition coefficient (Wildman–Crippen LogP) is 3.03. The van der Waals surface area contributed by atoms with Gasteiger partial charge in [-0.15, -0.1) is 0 Å². The summed E-state index contributed by atoms with van der Waals surface area (Å²) in [4.78, 5) is 8.04. The number of hydrogen-bond donors (Lipinski definition) is 0. The van der Waals surface area contributed by atoms with Crippen molar-refractivity contribution in [1.29, 1.82) is 0 Å². The average molecular weight is 205 g/mol. The molecule has 0 amide bonds. The molecule has 0 bridgehead atoms. The van der Waals surface area contributed by atoms with Gasteiger partial charge in [0.1, 0.15) is 16.3 Å². The Kier molecular flexibility index (Phi) is 1.49. The minimum absolute atomic E-state index is 0.453. The molecule has 0 saturated heterocycles. The lowest BCUT2D eigenvalue weighted by Gasteiger charge is -1.89. The van der Waals surface area contributed by atoms with Crippen LogP contribution in [-0.2, 0) is 0 Å². The van der Waals surface area contributed by atoms with Crippen LogP contribution in [0.5, 0.6) is 0 Å². The molecule has 3 rings (SSSR count). The van der Waals surface area contributed by atoms with E-state index in [1.165, 1.54) is 0 Å². The highest BCUT2D eigenvalue weighted by Gasteiger charge is 2.09. The lowest BCUT2D eigenvalue weighted by atomic mass is 10.2. The Labute approximate surface area is 84.3 Å². The van der Waals surface area contributed by atoms with Crippen LogP contribution in [0.2, 0.25) is 5.15 Å². The number of furan rings is 1. The molecule has 0 saturated carbocycles. The summed E-state index contributed by atoms with van der Waals surface area (Å²) in [5.74, 6) is 0. The highest BCUT2D eigenvalue weighted by atomic mass is 35.5. The number of halogens is 1. The van der Waals surface area contributed by atoms with Crippen molar-refractivity contribution in [3.8, 4) is 0 Å². The van der Waals surface area contributed by atoms with Gasteiger partial charge < -0.3 is 4.42 Å². The van der Waals surface area contributed by atoms with Crippen LogP contribution >= 0.6 is 11.6 Å². The molecule has 3 aromatic heterocycles. The van der Waals surface area contributed by atoms with E-state index in [1.807, 2.05) is 6.07 Å². The Morgan fingerprint density at radius 3 is 2.93 bits per heavy atom. The van der Waals surface area contributed by atoms with Gasteiger partial charge >= 0.3 is 0 Å². The van der Waals surface area contributed by atoms with E-state index in [9.17, 15) is 0 Å². The smallest absolute Gasteiger partial charge is 0.140 e. The molecular weight excluding hydrogens is 200 g/mol. The van der Waals surface area contributed by atoms with Crippen molar-refractivity contribution < 1.29 is 4.42 Å². The first-order valence-corrected chi connectivity index (χ1v) is 4.51. The van der Waals surface area contributed by atoms with Gasteiger partial charge in [0.25, 0.3) is 0 Å². The zero-order valence-electron chi connectivity index (χ0n) is 7.07. The van der Waals surface area contributed by atoms with Gasteiger partial charge in [0.15, 0.2) is 0 Å². The molecule has 0 radical (unpaired) electrons. The summed E-state index contributed by atoms with van der Waals surface area (Å²) in [7, 11) is 0. The van der Waals surface area contributed by atoms with Gasteiger partial charge in [0, 0.05) is 24.0 Å². The van der Waals surface area contributed by atoms with E-state index in [0.29, 0.717) is 5.15 Å². The number of pyridine rings is 2. The second-order valence-corrected chi connectivity index (χ2v) is 3.31. The first kappa shape index (κ1) is 7.76. The number of nitrogens with zero attached hydrogens (tertiary/aromatic N) is 2. The zero-order valence-corrected chi connectivity index (χ0v) is 7.82. The van der Waals surface area contributed by atoms with E-state index in [4.69, 9.17) is 16.0 Å². The summed E-state index contributed by atoms with van der Waals surface area (Å²) in [5.41, 5.74) is 1.53. The quantitative estimate of drug-likeness (QED) is 0.529. The molecule has 0 N–H and O–H groups in total. The summed E-state index contributed by atoms with van der Waals surface area (Å²) >= 11 is 5.98. The van der Waals surface area contributed by atoms with Crippen molar-refractivity contribution in [2.45, 2.75) is 0 Å². The Hall–Kier alpha value is -1.61. The maximum atomic E-state index is 5.98. The minimum atomic E-state index is 0.453.